The fourth-order valence-electron chi connectivity index (χ4n) is 2.85. The molecule has 1 fully saturated rings. The van der Waals surface area contributed by atoms with Crippen molar-refractivity contribution in [3.8, 4) is 5.75 Å². The van der Waals surface area contributed by atoms with E-state index in [2.05, 4.69) is 5.32 Å². The molecule has 0 aromatic heterocycles. The van der Waals surface area contributed by atoms with Crippen LogP contribution in [0.15, 0.2) is 24.3 Å². The summed E-state index contributed by atoms with van der Waals surface area (Å²) in [4.78, 5) is 14.5. The van der Waals surface area contributed by atoms with Crippen LogP contribution in [0.3, 0.4) is 0 Å². The van der Waals surface area contributed by atoms with Crippen LogP contribution in [0.2, 0.25) is 0 Å². The second-order valence-electron chi connectivity index (χ2n) is 5.87. The van der Waals surface area contributed by atoms with Crippen LogP contribution in [0.25, 0.3) is 0 Å². The van der Waals surface area contributed by atoms with Gasteiger partial charge in [-0.2, -0.15) is 0 Å². The van der Waals surface area contributed by atoms with E-state index in [0.29, 0.717) is 0 Å². The Morgan fingerprint density at radius 1 is 1.40 bits per heavy atom. The average molecular weight is 276 g/mol. The van der Waals surface area contributed by atoms with E-state index in [9.17, 15) is 9.90 Å². The average Bonchev–Trinajstić information content (AvgIpc) is 2.46. The zero-order chi connectivity index (χ0) is 14.8. The second kappa shape index (κ2) is 5.83. The summed E-state index contributed by atoms with van der Waals surface area (Å²) in [5, 5.41) is 13.3. The quantitative estimate of drug-likeness (QED) is 0.891. The van der Waals surface area contributed by atoms with Gasteiger partial charge in [0.1, 0.15) is 5.75 Å². The van der Waals surface area contributed by atoms with Crippen LogP contribution in [-0.2, 0) is 4.79 Å². The monoisotopic (exact) mass is 276 g/mol. The molecule has 2 N–H and O–H groups in total. The van der Waals surface area contributed by atoms with Crippen LogP contribution in [0.5, 0.6) is 5.75 Å². The number of nitrogens with one attached hydrogen (secondary N) is 1. The molecule has 0 bridgehead atoms. The highest BCUT2D eigenvalue weighted by molar-refractivity contribution is 5.86. The van der Waals surface area contributed by atoms with Gasteiger partial charge in [0.05, 0.1) is 11.6 Å². The highest BCUT2D eigenvalue weighted by Crippen LogP contribution is 2.30. The number of aromatic hydroxyl groups is 1. The van der Waals surface area contributed by atoms with E-state index in [1.807, 2.05) is 26.0 Å². The van der Waals surface area contributed by atoms with Gasteiger partial charge in [-0.15, -0.1) is 0 Å². The molecular formula is C16H24N2O2. The van der Waals surface area contributed by atoms with Crippen LogP contribution >= 0.6 is 0 Å². The van der Waals surface area contributed by atoms with E-state index in [0.717, 1.165) is 31.4 Å². The lowest BCUT2D eigenvalue weighted by molar-refractivity contribution is -0.139. The number of nitrogens with zero attached hydrogens (tertiary/aromatic N) is 1. The van der Waals surface area contributed by atoms with Crippen molar-refractivity contribution in [2.75, 3.05) is 13.6 Å². The van der Waals surface area contributed by atoms with E-state index >= 15 is 0 Å². The minimum Gasteiger partial charge on any atom is -0.508 e. The van der Waals surface area contributed by atoms with Gasteiger partial charge in [-0.1, -0.05) is 18.2 Å². The number of para-hydroxylation sites is 1. The fraction of sp³-hybridized carbons (Fsp3) is 0.562. The number of rotatable bonds is 3. The molecule has 2 unspecified atom stereocenters. The van der Waals surface area contributed by atoms with Crippen molar-refractivity contribution < 1.29 is 9.90 Å². The third kappa shape index (κ3) is 2.80. The Morgan fingerprint density at radius 3 is 2.70 bits per heavy atom. The molecule has 1 aromatic carbocycles. The molecular weight excluding hydrogens is 252 g/mol. The number of carbonyl (C=O) groups is 1. The smallest absolute Gasteiger partial charge is 0.242 e. The van der Waals surface area contributed by atoms with Gasteiger partial charge in [0.15, 0.2) is 0 Å². The summed E-state index contributed by atoms with van der Waals surface area (Å²) in [6.45, 7) is 4.81. The topological polar surface area (TPSA) is 52.6 Å². The van der Waals surface area contributed by atoms with Gasteiger partial charge in [0, 0.05) is 12.6 Å². The van der Waals surface area contributed by atoms with Crippen molar-refractivity contribution in [2.45, 2.75) is 44.7 Å². The first-order valence-electron chi connectivity index (χ1n) is 7.26. The van der Waals surface area contributed by atoms with Crippen molar-refractivity contribution in [2.24, 2.45) is 0 Å². The van der Waals surface area contributed by atoms with Crippen LogP contribution in [0.4, 0.5) is 0 Å². The SMILES string of the molecule is CC(c1ccccc1O)N(C)C(=O)C1(C)CCCCN1. The molecule has 2 rings (SSSR count). The van der Waals surface area contributed by atoms with Crippen LogP contribution in [-0.4, -0.2) is 35.0 Å². The summed E-state index contributed by atoms with van der Waals surface area (Å²) in [6.07, 6.45) is 3.07. The maximum absolute atomic E-state index is 12.7. The van der Waals surface area contributed by atoms with Gasteiger partial charge in [-0.3, -0.25) is 4.79 Å². The third-order valence-corrected chi connectivity index (χ3v) is 4.38. The second-order valence-corrected chi connectivity index (χ2v) is 5.87. The summed E-state index contributed by atoms with van der Waals surface area (Å²) in [5.41, 5.74) is 0.300. The van der Waals surface area contributed by atoms with E-state index in [4.69, 9.17) is 0 Å². The lowest BCUT2D eigenvalue weighted by Gasteiger charge is -2.39. The molecule has 1 saturated heterocycles. The molecule has 0 saturated carbocycles. The summed E-state index contributed by atoms with van der Waals surface area (Å²) < 4.78 is 0. The van der Waals surface area contributed by atoms with Gasteiger partial charge in [-0.05, 0) is 45.7 Å². The Bertz CT molecular complexity index is 481. The first-order valence-corrected chi connectivity index (χ1v) is 7.26. The highest BCUT2D eigenvalue weighted by Gasteiger charge is 2.38. The third-order valence-electron chi connectivity index (χ3n) is 4.38. The Kier molecular flexibility index (Phi) is 4.33. The van der Waals surface area contributed by atoms with Gasteiger partial charge in [0.2, 0.25) is 5.91 Å². The van der Waals surface area contributed by atoms with Gasteiger partial charge < -0.3 is 15.3 Å². The van der Waals surface area contributed by atoms with Gasteiger partial charge >= 0.3 is 0 Å². The number of carbonyl (C=O) groups excluding carboxylic acids is 1. The van der Waals surface area contributed by atoms with Crippen LogP contribution in [0, 0.1) is 0 Å². The molecule has 1 heterocycles. The summed E-state index contributed by atoms with van der Waals surface area (Å²) >= 11 is 0. The fourth-order valence-corrected chi connectivity index (χ4v) is 2.85. The number of amides is 1. The Balaban J connectivity index is 2.16. The molecule has 1 amide bonds. The number of phenolic OH excluding ortho intramolecular Hbond substituents is 1. The molecule has 1 aliphatic rings. The van der Waals surface area contributed by atoms with Gasteiger partial charge in [0.25, 0.3) is 0 Å². The number of hydrogen-bond acceptors (Lipinski definition) is 3. The zero-order valence-corrected chi connectivity index (χ0v) is 12.5. The molecule has 4 heteroatoms. The van der Waals surface area contributed by atoms with Crippen molar-refractivity contribution in [1.82, 2.24) is 10.2 Å². The number of likely N-dealkylation sites (N-methyl/N-ethyl adjacent to an activating group) is 1. The zero-order valence-electron chi connectivity index (χ0n) is 12.5. The molecule has 0 spiro atoms. The predicted molar refractivity (Wildman–Crippen MR) is 79.6 cm³/mol. The lowest BCUT2D eigenvalue weighted by Crippen LogP contribution is -2.57. The molecule has 2 atom stereocenters. The highest BCUT2D eigenvalue weighted by atomic mass is 16.3. The molecule has 0 radical (unpaired) electrons. The van der Waals surface area contributed by atoms with Crippen molar-refractivity contribution in [3.63, 3.8) is 0 Å². The van der Waals surface area contributed by atoms with E-state index in [-0.39, 0.29) is 17.7 Å². The van der Waals surface area contributed by atoms with Crippen molar-refractivity contribution in [3.05, 3.63) is 29.8 Å². The summed E-state index contributed by atoms with van der Waals surface area (Å²) in [7, 11) is 1.81. The summed E-state index contributed by atoms with van der Waals surface area (Å²) in [5.74, 6) is 0.328. The van der Waals surface area contributed by atoms with Gasteiger partial charge in [-0.25, -0.2) is 0 Å². The Hall–Kier alpha value is -1.55. The van der Waals surface area contributed by atoms with Crippen molar-refractivity contribution >= 4 is 5.91 Å². The van der Waals surface area contributed by atoms with Crippen LogP contribution in [0.1, 0.15) is 44.7 Å². The van der Waals surface area contributed by atoms with Crippen LogP contribution < -0.4 is 5.32 Å². The first kappa shape index (κ1) is 14.9. The predicted octanol–water partition coefficient (Wildman–Crippen LogP) is 2.44. The maximum atomic E-state index is 12.7. The Morgan fingerprint density at radius 2 is 2.10 bits per heavy atom. The van der Waals surface area contributed by atoms with E-state index in [1.54, 1.807) is 24.1 Å². The number of phenols is 1. The standard InChI is InChI=1S/C16H24N2O2/c1-12(13-8-4-5-9-14(13)19)18(3)15(20)16(2)10-6-7-11-17-16/h4-5,8-9,12,17,19H,6-7,10-11H2,1-3H3. The molecule has 1 aromatic rings. The van der Waals surface area contributed by atoms with E-state index in [1.165, 1.54) is 0 Å². The lowest BCUT2D eigenvalue weighted by atomic mass is 9.89. The maximum Gasteiger partial charge on any atom is 0.242 e. The number of piperidine rings is 1. The Labute approximate surface area is 120 Å². The molecule has 4 nitrogen and oxygen atoms in total. The normalized spacial score (nSPS) is 24.1. The first-order chi connectivity index (χ1) is 9.46. The number of hydrogen-bond donors (Lipinski definition) is 2. The van der Waals surface area contributed by atoms with E-state index < -0.39 is 5.54 Å². The molecule has 20 heavy (non-hydrogen) atoms. The largest absolute Gasteiger partial charge is 0.508 e. The molecule has 110 valence electrons. The number of benzene rings is 1. The molecule has 0 aliphatic carbocycles. The minimum atomic E-state index is -0.480. The summed E-state index contributed by atoms with van der Waals surface area (Å²) in [6, 6.07) is 7.04. The van der Waals surface area contributed by atoms with Crippen molar-refractivity contribution in [1.29, 1.82) is 0 Å². The minimum absolute atomic E-state index is 0.0907. The molecule has 1 aliphatic heterocycles.